The molecule has 0 saturated carbocycles. The van der Waals surface area contributed by atoms with Crippen molar-refractivity contribution >= 4 is 12.1 Å². The SMILES string of the molecule is C=CCOCC1(C(=O)O)CCN(C(=O)OC(C)(C)C)C1. The van der Waals surface area contributed by atoms with Gasteiger partial charge >= 0.3 is 12.1 Å². The van der Waals surface area contributed by atoms with Crippen molar-refractivity contribution in [3.05, 3.63) is 12.7 Å². The molecule has 114 valence electrons. The Balaban J connectivity index is 2.67. The number of aliphatic carboxylic acids is 1. The number of carboxylic acid groups (broad SMARTS) is 1. The van der Waals surface area contributed by atoms with Gasteiger partial charge in [-0.2, -0.15) is 0 Å². The highest BCUT2D eigenvalue weighted by Crippen LogP contribution is 2.32. The van der Waals surface area contributed by atoms with E-state index in [1.165, 1.54) is 4.90 Å². The number of hydrogen-bond acceptors (Lipinski definition) is 4. The molecule has 1 unspecified atom stereocenters. The smallest absolute Gasteiger partial charge is 0.410 e. The molecule has 0 spiro atoms. The summed E-state index contributed by atoms with van der Waals surface area (Å²) in [5.41, 5.74) is -1.65. The van der Waals surface area contributed by atoms with Crippen molar-refractivity contribution in [1.29, 1.82) is 0 Å². The summed E-state index contributed by atoms with van der Waals surface area (Å²) in [6.07, 6.45) is 1.44. The number of carbonyl (C=O) groups is 2. The number of hydrogen-bond donors (Lipinski definition) is 1. The number of amides is 1. The maximum absolute atomic E-state index is 12.0. The van der Waals surface area contributed by atoms with Crippen LogP contribution in [0.25, 0.3) is 0 Å². The molecule has 20 heavy (non-hydrogen) atoms. The third-order valence-corrected chi connectivity index (χ3v) is 3.07. The Morgan fingerprint density at radius 2 is 2.10 bits per heavy atom. The fourth-order valence-electron chi connectivity index (χ4n) is 2.05. The van der Waals surface area contributed by atoms with E-state index in [2.05, 4.69) is 6.58 Å². The molecule has 0 aromatic heterocycles. The minimum Gasteiger partial charge on any atom is -0.481 e. The summed E-state index contributed by atoms with van der Waals surface area (Å²) < 4.78 is 10.5. The third-order valence-electron chi connectivity index (χ3n) is 3.07. The maximum atomic E-state index is 12.0. The van der Waals surface area contributed by atoms with Crippen LogP contribution in [0.3, 0.4) is 0 Å². The molecule has 0 aliphatic carbocycles. The van der Waals surface area contributed by atoms with Gasteiger partial charge in [-0.15, -0.1) is 6.58 Å². The van der Waals surface area contributed by atoms with Crippen molar-refractivity contribution in [1.82, 2.24) is 4.90 Å². The minimum absolute atomic E-state index is 0.0631. The molecule has 1 saturated heterocycles. The summed E-state index contributed by atoms with van der Waals surface area (Å²) in [5.74, 6) is -0.951. The predicted octanol–water partition coefficient (Wildman–Crippen LogP) is 1.90. The second-order valence-electron chi connectivity index (χ2n) is 6.04. The molecule has 0 aromatic rings. The standard InChI is InChI=1S/C14H23NO5/c1-5-8-19-10-14(11(16)17)6-7-15(9-14)12(18)20-13(2,3)4/h5H,1,6-10H2,2-4H3,(H,16,17). The molecule has 1 rings (SSSR count). The largest absolute Gasteiger partial charge is 0.481 e. The van der Waals surface area contributed by atoms with E-state index in [-0.39, 0.29) is 13.2 Å². The Bertz CT molecular complexity index is 388. The lowest BCUT2D eigenvalue weighted by atomic mass is 9.88. The molecule has 1 heterocycles. The predicted molar refractivity (Wildman–Crippen MR) is 73.5 cm³/mol. The molecule has 1 N–H and O–H groups in total. The van der Waals surface area contributed by atoms with E-state index in [0.29, 0.717) is 19.6 Å². The zero-order valence-corrected chi connectivity index (χ0v) is 12.3. The van der Waals surface area contributed by atoms with Crippen LogP contribution in [0.1, 0.15) is 27.2 Å². The van der Waals surface area contributed by atoms with Crippen LogP contribution in [0, 0.1) is 5.41 Å². The molecule has 1 atom stereocenters. The number of likely N-dealkylation sites (tertiary alicyclic amines) is 1. The number of nitrogens with zero attached hydrogens (tertiary/aromatic N) is 1. The minimum atomic E-state index is -1.06. The zero-order chi connectivity index (χ0) is 15.4. The van der Waals surface area contributed by atoms with Crippen LogP contribution in [0.4, 0.5) is 4.79 Å². The van der Waals surface area contributed by atoms with E-state index < -0.39 is 23.1 Å². The second kappa shape index (κ2) is 6.26. The van der Waals surface area contributed by atoms with Crippen molar-refractivity contribution in [2.45, 2.75) is 32.8 Å². The van der Waals surface area contributed by atoms with Gasteiger partial charge < -0.3 is 19.5 Å². The van der Waals surface area contributed by atoms with E-state index >= 15 is 0 Å². The summed E-state index contributed by atoms with van der Waals surface area (Å²) in [7, 11) is 0. The first kappa shape index (κ1) is 16.5. The van der Waals surface area contributed by atoms with Gasteiger partial charge in [-0.05, 0) is 27.2 Å². The zero-order valence-electron chi connectivity index (χ0n) is 12.3. The van der Waals surface area contributed by atoms with Gasteiger partial charge in [0.05, 0.1) is 13.2 Å². The van der Waals surface area contributed by atoms with Crippen LogP contribution < -0.4 is 0 Å². The van der Waals surface area contributed by atoms with Crippen LogP contribution in [-0.2, 0) is 14.3 Å². The molecule has 1 fully saturated rings. The van der Waals surface area contributed by atoms with Crippen LogP contribution in [0.15, 0.2) is 12.7 Å². The normalized spacial score (nSPS) is 22.6. The Hall–Kier alpha value is -1.56. The summed E-state index contributed by atoms with van der Waals surface area (Å²) in [6.45, 7) is 9.67. The summed E-state index contributed by atoms with van der Waals surface area (Å²) >= 11 is 0. The Morgan fingerprint density at radius 3 is 2.60 bits per heavy atom. The average molecular weight is 285 g/mol. The van der Waals surface area contributed by atoms with Crippen molar-refractivity contribution in [3.8, 4) is 0 Å². The van der Waals surface area contributed by atoms with Crippen LogP contribution >= 0.6 is 0 Å². The van der Waals surface area contributed by atoms with Gasteiger partial charge in [0.1, 0.15) is 11.0 Å². The van der Waals surface area contributed by atoms with Crippen LogP contribution in [0.2, 0.25) is 0 Å². The Morgan fingerprint density at radius 1 is 1.45 bits per heavy atom. The first-order chi connectivity index (χ1) is 9.20. The first-order valence-electron chi connectivity index (χ1n) is 6.60. The highest BCUT2D eigenvalue weighted by Gasteiger charge is 2.47. The molecule has 6 nitrogen and oxygen atoms in total. The highest BCUT2D eigenvalue weighted by atomic mass is 16.6. The van der Waals surface area contributed by atoms with Gasteiger partial charge in [-0.3, -0.25) is 4.79 Å². The fourth-order valence-corrected chi connectivity index (χ4v) is 2.05. The summed E-state index contributed by atoms with van der Waals surface area (Å²) in [5, 5.41) is 9.41. The van der Waals surface area contributed by atoms with E-state index in [4.69, 9.17) is 9.47 Å². The van der Waals surface area contributed by atoms with Crippen LogP contribution in [-0.4, -0.2) is 54.0 Å². The first-order valence-corrected chi connectivity index (χ1v) is 6.60. The quantitative estimate of drug-likeness (QED) is 0.616. The van der Waals surface area contributed by atoms with Gasteiger partial charge in [-0.25, -0.2) is 4.79 Å². The van der Waals surface area contributed by atoms with E-state index in [9.17, 15) is 14.7 Å². The van der Waals surface area contributed by atoms with Crippen molar-refractivity contribution < 1.29 is 24.2 Å². The van der Waals surface area contributed by atoms with Gasteiger partial charge in [0.25, 0.3) is 0 Å². The number of carbonyl (C=O) groups excluding carboxylic acids is 1. The monoisotopic (exact) mass is 285 g/mol. The molecule has 0 radical (unpaired) electrons. The lowest BCUT2D eigenvalue weighted by Crippen LogP contribution is -2.41. The molecule has 1 aliphatic rings. The second-order valence-corrected chi connectivity index (χ2v) is 6.04. The molecule has 0 aromatic carbocycles. The lowest BCUT2D eigenvalue weighted by molar-refractivity contribution is -0.151. The number of ether oxygens (including phenoxy) is 2. The fraction of sp³-hybridized carbons (Fsp3) is 0.714. The Kier molecular flexibility index (Phi) is 5.16. The molecular formula is C14H23NO5. The van der Waals surface area contributed by atoms with E-state index in [1.807, 2.05) is 0 Å². The number of carboxylic acids is 1. The Labute approximate surface area is 119 Å². The van der Waals surface area contributed by atoms with Gasteiger partial charge in [0.15, 0.2) is 0 Å². The highest BCUT2D eigenvalue weighted by molar-refractivity contribution is 5.78. The molecule has 1 amide bonds. The van der Waals surface area contributed by atoms with Gasteiger partial charge in [-0.1, -0.05) is 6.08 Å². The third kappa shape index (κ3) is 4.23. The summed E-state index contributed by atoms with van der Waals surface area (Å²) in [4.78, 5) is 24.9. The molecular weight excluding hydrogens is 262 g/mol. The van der Waals surface area contributed by atoms with Crippen molar-refractivity contribution in [2.24, 2.45) is 5.41 Å². The van der Waals surface area contributed by atoms with Gasteiger partial charge in [0.2, 0.25) is 0 Å². The summed E-state index contributed by atoms with van der Waals surface area (Å²) in [6, 6.07) is 0. The maximum Gasteiger partial charge on any atom is 0.410 e. The van der Waals surface area contributed by atoms with Crippen molar-refractivity contribution in [3.63, 3.8) is 0 Å². The molecule has 0 bridgehead atoms. The average Bonchev–Trinajstić information content (AvgIpc) is 2.73. The molecule has 1 aliphatic heterocycles. The van der Waals surface area contributed by atoms with E-state index in [1.54, 1.807) is 26.8 Å². The molecule has 6 heteroatoms. The number of rotatable bonds is 5. The van der Waals surface area contributed by atoms with Crippen molar-refractivity contribution in [2.75, 3.05) is 26.3 Å². The van der Waals surface area contributed by atoms with Crippen LogP contribution in [0.5, 0.6) is 0 Å². The van der Waals surface area contributed by atoms with Gasteiger partial charge in [0, 0.05) is 13.1 Å². The lowest BCUT2D eigenvalue weighted by Gasteiger charge is -2.26. The topological polar surface area (TPSA) is 76.1 Å². The van der Waals surface area contributed by atoms with E-state index in [0.717, 1.165) is 0 Å².